The first-order valence-electron chi connectivity index (χ1n) is 6.71. The topological polar surface area (TPSA) is 35.8 Å². The second-order valence-corrected chi connectivity index (χ2v) is 5.14. The van der Waals surface area contributed by atoms with Crippen molar-refractivity contribution in [2.45, 2.75) is 25.9 Å². The number of nitrogens with one attached hydrogen (secondary N) is 1. The van der Waals surface area contributed by atoms with Gasteiger partial charge in [0.05, 0.1) is 11.6 Å². The van der Waals surface area contributed by atoms with E-state index >= 15 is 0 Å². The van der Waals surface area contributed by atoms with Crippen LogP contribution in [0.1, 0.15) is 36.1 Å². The summed E-state index contributed by atoms with van der Waals surface area (Å²) in [7, 11) is 0. The zero-order chi connectivity index (χ0) is 14.4. The lowest BCUT2D eigenvalue weighted by Crippen LogP contribution is -2.20. The lowest BCUT2D eigenvalue weighted by atomic mass is 10.0. The van der Waals surface area contributed by atoms with Crippen LogP contribution in [0.15, 0.2) is 48.5 Å². The van der Waals surface area contributed by atoms with E-state index < -0.39 is 0 Å². The van der Waals surface area contributed by atoms with Crippen molar-refractivity contribution in [3.8, 4) is 6.07 Å². The maximum Gasteiger partial charge on any atom is 0.0991 e. The molecule has 0 aromatic heterocycles. The van der Waals surface area contributed by atoms with Gasteiger partial charge in [0, 0.05) is 17.6 Å². The van der Waals surface area contributed by atoms with Gasteiger partial charge in [-0.25, -0.2) is 0 Å². The van der Waals surface area contributed by atoms with Gasteiger partial charge in [0.2, 0.25) is 0 Å². The Morgan fingerprint density at radius 1 is 1.20 bits per heavy atom. The molecular weight excluding hydrogens is 268 g/mol. The number of hydrogen-bond donors (Lipinski definition) is 1. The molecule has 0 spiro atoms. The fourth-order valence-corrected chi connectivity index (χ4v) is 2.36. The van der Waals surface area contributed by atoms with Gasteiger partial charge in [0.1, 0.15) is 0 Å². The molecule has 1 unspecified atom stereocenters. The Hall–Kier alpha value is -1.82. The Bertz CT molecular complexity index is 599. The molecule has 2 nitrogen and oxygen atoms in total. The van der Waals surface area contributed by atoms with Crippen molar-refractivity contribution in [1.82, 2.24) is 5.32 Å². The van der Waals surface area contributed by atoms with Gasteiger partial charge in [-0.2, -0.15) is 5.26 Å². The van der Waals surface area contributed by atoms with E-state index in [1.165, 1.54) is 11.1 Å². The highest BCUT2D eigenvalue weighted by atomic mass is 35.5. The van der Waals surface area contributed by atoms with Crippen molar-refractivity contribution in [3.63, 3.8) is 0 Å². The summed E-state index contributed by atoms with van der Waals surface area (Å²) in [5.74, 6) is 0. The van der Waals surface area contributed by atoms with E-state index in [9.17, 15) is 0 Å². The smallest absolute Gasteiger partial charge is 0.0991 e. The Kier molecular flexibility index (Phi) is 5.17. The van der Waals surface area contributed by atoms with Crippen LogP contribution in [0.25, 0.3) is 0 Å². The zero-order valence-corrected chi connectivity index (χ0v) is 12.2. The van der Waals surface area contributed by atoms with Crippen molar-refractivity contribution in [2.75, 3.05) is 0 Å². The summed E-state index contributed by atoms with van der Waals surface area (Å²) in [5, 5.41) is 13.1. The van der Waals surface area contributed by atoms with E-state index in [0.29, 0.717) is 5.56 Å². The first-order valence-corrected chi connectivity index (χ1v) is 7.08. The number of nitrogens with zero attached hydrogens (tertiary/aromatic N) is 1. The summed E-state index contributed by atoms with van der Waals surface area (Å²) >= 11 is 6.04. The van der Waals surface area contributed by atoms with Gasteiger partial charge in [-0.1, -0.05) is 42.8 Å². The Morgan fingerprint density at radius 3 is 2.55 bits per heavy atom. The second kappa shape index (κ2) is 7.09. The van der Waals surface area contributed by atoms with Crippen LogP contribution in [0, 0.1) is 11.3 Å². The van der Waals surface area contributed by atoms with Crippen LogP contribution in [0.3, 0.4) is 0 Å². The highest BCUT2D eigenvalue weighted by Crippen LogP contribution is 2.20. The third-order valence-electron chi connectivity index (χ3n) is 3.29. The molecule has 0 aliphatic carbocycles. The summed E-state index contributed by atoms with van der Waals surface area (Å²) in [5.41, 5.74) is 3.06. The lowest BCUT2D eigenvalue weighted by Gasteiger charge is -2.18. The molecule has 1 atom stereocenters. The maximum absolute atomic E-state index is 8.78. The molecule has 2 rings (SSSR count). The number of rotatable bonds is 5. The molecule has 2 aromatic carbocycles. The standard InChI is InChI=1S/C17H17ClN2/c1-2-17(15-4-3-5-16(18)10-15)20-12-14-8-6-13(11-19)7-9-14/h3-10,17,20H,2,12H2,1H3. The predicted molar refractivity (Wildman–Crippen MR) is 82.5 cm³/mol. The first kappa shape index (κ1) is 14.6. The highest BCUT2D eigenvalue weighted by molar-refractivity contribution is 6.30. The van der Waals surface area contributed by atoms with E-state index in [4.69, 9.17) is 16.9 Å². The minimum Gasteiger partial charge on any atom is -0.306 e. The number of benzene rings is 2. The molecule has 0 amide bonds. The minimum atomic E-state index is 0.282. The van der Waals surface area contributed by atoms with E-state index in [1.807, 2.05) is 42.5 Å². The zero-order valence-electron chi connectivity index (χ0n) is 11.4. The maximum atomic E-state index is 8.78. The average molecular weight is 285 g/mol. The normalized spacial score (nSPS) is 11.8. The third-order valence-corrected chi connectivity index (χ3v) is 3.53. The first-order chi connectivity index (χ1) is 9.72. The molecule has 3 heteroatoms. The fourth-order valence-electron chi connectivity index (χ4n) is 2.16. The molecule has 0 aliphatic heterocycles. The van der Waals surface area contributed by atoms with Crippen molar-refractivity contribution >= 4 is 11.6 Å². The van der Waals surface area contributed by atoms with Gasteiger partial charge < -0.3 is 5.32 Å². The van der Waals surface area contributed by atoms with Crippen LogP contribution in [-0.4, -0.2) is 0 Å². The van der Waals surface area contributed by atoms with Crippen molar-refractivity contribution in [3.05, 3.63) is 70.2 Å². The van der Waals surface area contributed by atoms with Crippen LogP contribution in [0.2, 0.25) is 5.02 Å². The van der Waals surface area contributed by atoms with Crippen LogP contribution in [0.4, 0.5) is 0 Å². The molecule has 0 radical (unpaired) electrons. The molecule has 102 valence electrons. The summed E-state index contributed by atoms with van der Waals surface area (Å²) in [6, 6.07) is 18.0. The van der Waals surface area contributed by atoms with Crippen molar-refractivity contribution < 1.29 is 0 Å². The molecule has 0 bridgehead atoms. The monoisotopic (exact) mass is 284 g/mol. The second-order valence-electron chi connectivity index (χ2n) is 4.71. The van der Waals surface area contributed by atoms with Crippen LogP contribution >= 0.6 is 11.6 Å². The van der Waals surface area contributed by atoms with Gasteiger partial charge in [0.25, 0.3) is 0 Å². The summed E-state index contributed by atoms with van der Waals surface area (Å²) in [4.78, 5) is 0. The summed E-state index contributed by atoms with van der Waals surface area (Å²) < 4.78 is 0. The number of nitriles is 1. The SMILES string of the molecule is CCC(NCc1ccc(C#N)cc1)c1cccc(Cl)c1. The van der Waals surface area contributed by atoms with E-state index in [1.54, 1.807) is 0 Å². The van der Waals surface area contributed by atoms with Gasteiger partial charge in [-0.05, 0) is 41.8 Å². The average Bonchev–Trinajstić information content (AvgIpc) is 2.48. The van der Waals surface area contributed by atoms with Gasteiger partial charge in [0.15, 0.2) is 0 Å². The largest absolute Gasteiger partial charge is 0.306 e. The van der Waals surface area contributed by atoms with Gasteiger partial charge >= 0.3 is 0 Å². The van der Waals surface area contributed by atoms with Crippen LogP contribution in [-0.2, 0) is 6.54 Å². The van der Waals surface area contributed by atoms with Gasteiger partial charge in [-0.15, -0.1) is 0 Å². The predicted octanol–water partition coefficient (Wildman–Crippen LogP) is 4.45. The molecule has 0 saturated heterocycles. The highest BCUT2D eigenvalue weighted by Gasteiger charge is 2.08. The molecule has 0 heterocycles. The minimum absolute atomic E-state index is 0.282. The van der Waals surface area contributed by atoms with E-state index in [-0.39, 0.29) is 6.04 Å². The van der Waals surface area contributed by atoms with Crippen molar-refractivity contribution in [2.24, 2.45) is 0 Å². The Labute approximate surface area is 125 Å². The molecule has 1 N–H and O–H groups in total. The quantitative estimate of drug-likeness (QED) is 0.880. The van der Waals surface area contributed by atoms with Crippen molar-refractivity contribution in [1.29, 1.82) is 5.26 Å². The Balaban J connectivity index is 2.02. The van der Waals surface area contributed by atoms with Crippen LogP contribution in [0.5, 0.6) is 0 Å². The van der Waals surface area contributed by atoms with Gasteiger partial charge in [-0.3, -0.25) is 0 Å². The van der Waals surface area contributed by atoms with Crippen LogP contribution < -0.4 is 5.32 Å². The third kappa shape index (κ3) is 3.84. The fraction of sp³-hybridized carbons (Fsp3) is 0.235. The summed E-state index contributed by atoms with van der Waals surface area (Å²) in [6.07, 6.45) is 0.997. The molecule has 20 heavy (non-hydrogen) atoms. The molecule has 2 aromatic rings. The van der Waals surface area contributed by atoms with E-state index in [0.717, 1.165) is 18.0 Å². The van der Waals surface area contributed by atoms with E-state index in [2.05, 4.69) is 24.4 Å². The summed E-state index contributed by atoms with van der Waals surface area (Å²) in [6.45, 7) is 2.92. The number of halogens is 1. The molecule has 0 aliphatic rings. The lowest BCUT2D eigenvalue weighted by molar-refractivity contribution is 0.519. The molecule has 0 saturated carbocycles. The number of hydrogen-bond acceptors (Lipinski definition) is 2. The Morgan fingerprint density at radius 2 is 1.95 bits per heavy atom. The molecule has 0 fully saturated rings. The molecular formula is C17H17ClN2.